The number of carbonyl (C=O) groups is 1. The molecular formula is C21H21ClN2O4S. The van der Waals surface area contributed by atoms with E-state index in [4.69, 9.17) is 25.8 Å². The van der Waals surface area contributed by atoms with Crippen molar-refractivity contribution in [1.29, 1.82) is 0 Å². The molecule has 0 aliphatic heterocycles. The molecule has 0 fully saturated rings. The number of ether oxygens (including phenoxy) is 3. The average molecular weight is 433 g/mol. The van der Waals surface area contributed by atoms with Crippen LogP contribution in [-0.2, 0) is 6.54 Å². The van der Waals surface area contributed by atoms with Gasteiger partial charge in [-0.15, -0.1) is 11.3 Å². The SMILES string of the molecule is COc1cc(OC)c(OC)cc1CNC(=O)c1sc(-c2ccc(Cl)cc2)nc1C. The second-order valence-corrected chi connectivity index (χ2v) is 7.58. The largest absolute Gasteiger partial charge is 0.496 e. The van der Waals surface area contributed by atoms with Crippen molar-refractivity contribution in [1.82, 2.24) is 10.3 Å². The van der Waals surface area contributed by atoms with Gasteiger partial charge in [0.1, 0.15) is 15.6 Å². The summed E-state index contributed by atoms with van der Waals surface area (Å²) in [5, 5.41) is 4.36. The molecule has 1 amide bonds. The third-order valence-corrected chi connectivity index (χ3v) is 5.78. The molecule has 8 heteroatoms. The number of thiazole rings is 1. The van der Waals surface area contributed by atoms with Crippen molar-refractivity contribution in [2.45, 2.75) is 13.5 Å². The van der Waals surface area contributed by atoms with Crippen molar-refractivity contribution >= 4 is 28.8 Å². The zero-order valence-electron chi connectivity index (χ0n) is 16.5. The van der Waals surface area contributed by atoms with Crippen LogP contribution in [-0.4, -0.2) is 32.2 Å². The van der Waals surface area contributed by atoms with Crippen molar-refractivity contribution in [3.05, 3.63) is 57.6 Å². The fourth-order valence-corrected chi connectivity index (χ4v) is 3.92. The summed E-state index contributed by atoms with van der Waals surface area (Å²) < 4.78 is 16.0. The highest BCUT2D eigenvalue weighted by molar-refractivity contribution is 7.17. The Kier molecular flexibility index (Phi) is 6.61. The monoisotopic (exact) mass is 432 g/mol. The minimum Gasteiger partial charge on any atom is -0.496 e. The van der Waals surface area contributed by atoms with Gasteiger partial charge < -0.3 is 19.5 Å². The molecule has 1 heterocycles. The number of hydrogen-bond donors (Lipinski definition) is 1. The lowest BCUT2D eigenvalue weighted by atomic mass is 10.1. The number of rotatable bonds is 7. The minimum absolute atomic E-state index is 0.197. The maximum absolute atomic E-state index is 12.8. The molecule has 152 valence electrons. The zero-order chi connectivity index (χ0) is 21.0. The number of aryl methyl sites for hydroxylation is 1. The van der Waals surface area contributed by atoms with Gasteiger partial charge in [-0.1, -0.05) is 23.7 Å². The lowest BCUT2D eigenvalue weighted by Gasteiger charge is -2.14. The highest BCUT2D eigenvalue weighted by Gasteiger charge is 2.18. The smallest absolute Gasteiger partial charge is 0.263 e. The molecule has 0 bridgehead atoms. The Labute approximate surface area is 178 Å². The molecule has 3 rings (SSSR count). The number of nitrogens with zero attached hydrogens (tertiary/aromatic N) is 1. The van der Waals surface area contributed by atoms with Crippen LogP contribution >= 0.6 is 22.9 Å². The third kappa shape index (κ3) is 4.63. The van der Waals surface area contributed by atoms with Crippen LogP contribution in [0.3, 0.4) is 0 Å². The van der Waals surface area contributed by atoms with Crippen molar-refractivity contribution in [3.8, 4) is 27.8 Å². The summed E-state index contributed by atoms with van der Waals surface area (Å²) in [7, 11) is 4.69. The molecule has 0 spiro atoms. The first-order valence-corrected chi connectivity index (χ1v) is 9.96. The van der Waals surface area contributed by atoms with E-state index < -0.39 is 0 Å². The number of amides is 1. The molecule has 1 aromatic heterocycles. The fourth-order valence-electron chi connectivity index (χ4n) is 2.81. The van der Waals surface area contributed by atoms with E-state index in [-0.39, 0.29) is 12.5 Å². The van der Waals surface area contributed by atoms with E-state index >= 15 is 0 Å². The van der Waals surface area contributed by atoms with Crippen molar-refractivity contribution in [3.63, 3.8) is 0 Å². The molecule has 0 saturated carbocycles. The Morgan fingerprint density at radius 1 is 1.03 bits per heavy atom. The van der Waals surface area contributed by atoms with Gasteiger partial charge in [-0.2, -0.15) is 0 Å². The van der Waals surface area contributed by atoms with Gasteiger partial charge in [0, 0.05) is 28.8 Å². The molecule has 3 aromatic rings. The topological polar surface area (TPSA) is 69.7 Å². The Balaban J connectivity index is 1.78. The van der Waals surface area contributed by atoms with Crippen molar-refractivity contribution < 1.29 is 19.0 Å². The van der Waals surface area contributed by atoms with Gasteiger partial charge in [0.15, 0.2) is 11.5 Å². The van der Waals surface area contributed by atoms with Crippen molar-refractivity contribution in [2.24, 2.45) is 0 Å². The molecule has 2 aromatic carbocycles. The molecule has 0 radical (unpaired) electrons. The van der Waals surface area contributed by atoms with Crippen LogP contribution in [0.25, 0.3) is 10.6 Å². The van der Waals surface area contributed by atoms with Gasteiger partial charge in [0.25, 0.3) is 5.91 Å². The summed E-state index contributed by atoms with van der Waals surface area (Å²) in [6.45, 7) is 2.10. The highest BCUT2D eigenvalue weighted by Crippen LogP contribution is 2.35. The quantitative estimate of drug-likeness (QED) is 0.584. The van der Waals surface area contributed by atoms with E-state index in [0.29, 0.717) is 32.8 Å². The number of methoxy groups -OCH3 is 3. The van der Waals surface area contributed by atoms with Gasteiger partial charge in [0.2, 0.25) is 0 Å². The molecule has 29 heavy (non-hydrogen) atoms. The minimum atomic E-state index is -0.197. The Morgan fingerprint density at radius 3 is 2.28 bits per heavy atom. The van der Waals surface area contributed by atoms with Crippen LogP contribution in [0.5, 0.6) is 17.2 Å². The van der Waals surface area contributed by atoms with Crippen LogP contribution in [0.1, 0.15) is 20.9 Å². The van der Waals surface area contributed by atoms with E-state index in [1.165, 1.54) is 11.3 Å². The second kappa shape index (κ2) is 9.15. The molecule has 0 saturated heterocycles. The Morgan fingerprint density at radius 2 is 1.66 bits per heavy atom. The van der Waals surface area contributed by atoms with Crippen LogP contribution < -0.4 is 19.5 Å². The van der Waals surface area contributed by atoms with Gasteiger partial charge in [-0.3, -0.25) is 4.79 Å². The molecule has 0 aliphatic carbocycles. The van der Waals surface area contributed by atoms with E-state index in [1.54, 1.807) is 45.6 Å². The number of halogens is 1. The lowest BCUT2D eigenvalue weighted by molar-refractivity contribution is 0.0954. The van der Waals surface area contributed by atoms with E-state index in [1.807, 2.05) is 19.1 Å². The van der Waals surface area contributed by atoms with Crippen LogP contribution in [0.15, 0.2) is 36.4 Å². The standard InChI is InChI=1S/C21H21ClN2O4S/c1-12-19(29-21(24-12)13-5-7-15(22)8-6-13)20(25)23-11-14-9-17(27-3)18(28-4)10-16(14)26-2/h5-10H,11H2,1-4H3,(H,23,25). The van der Waals surface area contributed by atoms with E-state index in [9.17, 15) is 4.79 Å². The van der Waals surface area contributed by atoms with Gasteiger partial charge in [-0.25, -0.2) is 4.98 Å². The van der Waals surface area contributed by atoms with Gasteiger partial charge in [-0.05, 0) is 25.1 Å². The highest BCUT2D eigenvalue weighted by atomic mass is 35.5. The first-order chi connectivity index (χ1) is 14.0. The van der Waals surface area contributed by atoms with Crippen LogP contribution in [0.4, 0.5) is 0 Å². The predicted octanol–water partition coefficient (Wildman–Crippen LogP) is 4.73. The maximum atomic E-state index is 12.8. The number of aromatic nitrogens is 1. The molecule has 0 aliphatic rings. The summed E-state index contributed by atoms with van der Waals surface area (Å²) in [5.41, 5.74) is 2.37. The number of benzene rings is 2. The fraction of sp³-hybridized carbons (Fsp3) is 0.238. The molecule has 0 unspecified atom stereocenters. The molecule has 6 nitrogen and oxygen atoms in total. The summed E-state index contributed by atoms with van der Waals surface area (Å²) in [4.78, 5) is 17.8. The maximum Gasteiger partial charge on any atom is 0.263 e. The number of carbonyl (C=O) groups excluding carboxylic acids is 1. The normalized spacial score (nSPS) is 10.5. The number of hydrogen-bond acceptors (Lipinski definition) is 6. The zero-order valence-corrected chi connectivity index (χ0v) is 18.1. The molecule has 0 atom stereocenters. The first kappa shape index (κ1) is 21.0. The van der Waals surface area contributed by atoms with Crippen LogP contribution in [0.2, 0.25) is 5.02 Å². The van der Waals surface area contributed by atoms with Crippen LogP contribution in [0, 0.1) is 6.92 Å². The molecule has 1 N–H and O–H groups in total. The average Bonchev–Trinajstić information content (AvgIpc) is 3.13. The summed E-state index contributed by atoms with van der Waals surface area (Å²) in [6, 6.07) is 10.9. The van der Waals surface area contributed by atoms with Gasteiger partial charge in [0.05, 0.1) is 27.0 Å². The summed E-state index contributed by atoms with van der Waals surface area (Å²) >= 11 is 7.29. The summed E-state index contributed by atoms with van der Waals surface area (Å²) in [6.07, 6.45) is 0. The van der Waals surface area contributed by atoms with E-state index in [2.05, 4.69) is 10.3 Å². The predicted molar refractivity (Wildman–Crippen MR) is 115 cm³/mol. The van der Waals surface area contributed by atoms with Crippen molar-refractivity contribution in [2.75, 3.05) is 21.3 Å². The third-order valence-electron chi connectivity index (χ3n) is 4.32. The molecular weight excluding hydrogens is 412 g/mol. The Hall–Kier alpha value is -2.77. The number of nitrogens with one attached hydrogen (secondary N) is 1. The van der Waals surface area contributed by atoms with Gasteiger partial charge >= 0.3 is 0 Å². The first-order valence-electron chi connectivity index (χ1n) is 8.77. The second-order valence-electron chi connectivity index (χ2n) is 6.14. The van der Waals surface area contributed by atoms with E-state index in [0.717, 1.165) is 16.1 Å². The lowest BCUT2D eigenvalue weighted by Crippen LogP contribution is -2.23. The summed E-state index contributed by atoms with van der Waals surface area (Å²) in [5.74, 6) is 1.53. The Bertz CT molecular complexity index is 1020.